The third-order valence-corrected chi connectivity index (χ3v) is 15.7. The van der Waals surface area contributed by atoms with Crippen LogP contribution in [0.15, 0.2) is 42.5 Å². The Bertz CT molecular complexity index is 2370. The van der Waals surface area contributed by atoms with Crippen molar-refractivity contribution in [2.75, 3.05) is 87.3 Å². The molecule has 13 nitrogen and oxygen atoms in total. The summed E-state index contributed by atoms with van der Waals surface area (Å²) in [7, 11) is 1.51. The number of carbonyl (C=O) groups excluding carboxylic acids is 4. The lowest BCUT2D eigenvalue weighted by Crippen LogP contribution is -2.62. The maximum Gasteiger partial charge on any atom is 0.255 e. The topological polar surface area (TPSA) is 129 Å². The van der Waals surface area contributed by atoms with Crippen molar-refractivity contribution in [3.8, 4) is 11.5 Å². The Morgan fingerprint density at radius 3 is 2.03 bits per heavy atom. The van der Waals surface area contributed by atoms with Crippen LogP contribution in [0.1, 0.15) is 91.7 Å². The number of piperidine rings is 3. The molecule has 1 aliphatic carbocycles. The smallest absolute Gasteiger partial charge is 0.255 e. The summed E-state index contributed by atoms with van der Waals surface area (Å²) in [4.78, 5) is 63.5. The van der Waals surface area contributed by atoms with Crippen molar-refractivity contribution in [1.29, 1.82) is 0 Å². The van der Waals surface area contributed by atoms with Crippen LogP contribution in [0.25, 0.3) is 0 Å². The van der Waals surface area contributed by atoms with Gasteiger partial charge in [0.25, 0.3) is 5.91 Å². The van der Waals surface area contributed by atoms with Crippen molar-refractivity contribution in [2.45, 2.75) is 82.8 Å². The number of anilines is 3. The van der Waals surface area contributed by atoms with Gasteiger partial charge >= 0.3 is 0 Å². The van der Waals surface area contributed by atoms with Crippen molar-refractivity contribution in [2.24, 2.45) is 17.3 Å². The number of hydrogen-bond acceptors (Lipinski definition) is 10. The Labute approximate surface area is 377 Å². The lowest BCUT2D eigenvalue weighted by atomic mass is 9.66. The number of benzene rings is 3. The molecule has 16 heteroatoms. The van der Waals surface area contributed by atoms with Crippen LogP contribution in [0, 0.1) is 34.7 Å². The molecule has 6 fully saturated rings. The first-order valence-corrected chi connectivity index (χ1v) is 23.5. The van der Waals surface area contributed by atoms with Gasteiger partial charge in [-0.2, -0.15) is 0 Å². The average Bonchev–Trinajstić information content (AvgIpc) is 3.94. The van der Waals surface area contributed by atoms with Gasteiger partial charge in [0.2, 0.25) is 17.7 Å². The van der Waals surface area contributed by atoms with Gasteiger partial charge in [-0.15, -0.1) is 0 Å². The van der Waals surface area contributed by atoms with Gasteiger partial charge in [0, 0.05) is 113 Å². The van der Waals surface area contributed by atoms with E-state index in [-0.39, 0.29) is 29.8 Å². The molecule has 2 atom stereocenters. The maximum absolute atomic E-state index is 16.3. The summed E-state index contributed by atoms with van der Waals surface area (Å²) in [6, 6.07) is 9.29. The molecule has 0 bridgehead atoms. The molecule has 6 aliphatic heterocycles. The van der Waals surface area contributed by atoms with Gasteiger partial charge in [0.15, 0.2) is 11.6 Å². The van der Waals surface area contributed by atoms with E-state index in [1.807, 2.05) is 12.1 Å². The lowest BCUT2D eigenvalue weighted by molar-refractivity contribution is -0.140. The molecule has 1 saturated carbocycles. The monoisotopic (exact) mass is 897 g/mol. The van der Waals surface area contributed by atoms with E-state index in [4.69, 9.17) is 4.74 Å². The van der Waals surface area contributed by atoms with Crippen molar-refractivity contribution < 1.29 is 42.2 Å². The predicted molar refractivity (Wildman–Crippen MR) is 237 cm³/mol. The minimum absolute atomic E-state index is 0.146. The number of methoxy groups -OCH3 is 1. The number of phenols is 1. The van der Waals surface area contributed by atoms with E-state index in [0.29, 0.717) is 79.4 Å². The molecule has 1 unspecified atom stereocenters. The van der Waals surface area contributed by atoms with E-state index in [9.17, 15) is 33.1 Å². The zero-order valence-corrected chi connectivity index (χ0v) is 37.0. The summed E-state index contributed by atoms with van der Waals surface area (Å²) in [5.74, 6) is -2.97. The molecule has 0 aromatic heterocycles. The second-order valence-corrected chi connectivity index (χ2v) is 19.4. The van der Waals surface area contributed by atoms with E-state index in [2.05, 4.69) is 31.0 Å². The van der Waals surface area contributed by atoms with Crippen LogP contribution < -0.4 is 24.8 Å². The van der Waals surface area contributed by atoms with Crippen LogP contribution in [0.5, 0.6) is 11.5 Å². The molecule has 2 N–H and O–H groups in total. The molecule has 346 valence electrons. The fourth-order valence-electron chi connectivity index (χ4n) is 12.1. The van der Waals surface area contributed by atoms with Crippen molar-refractivity contribution in [3.63, 3.8) is 0 Å². The van der Waals surface area contributed by atoms with Crippen LogP contribution >= 0.6 is 0 Å². The zero-order valence-electron chi connectivity index (χ0n) is 37.0. The second kappa shape index (κ2) is 17.5. The Balaban J connectivity index is 0.693. The standard InChI is InChI=1S/C49H58F3N7O6/c1-65-42-26-40(37(51)25-36(42)45-49(12-2-3-13-49)48(64)59(45)41-24-33(50)23-38(52)44(41)61)57-16-10-31(11-17-57)28-55-20-18-54(19-21-55)27-30-8-14-56(15-9-30)34-4-5-35-32(22-34)29-58(47(35)63)39-6-7-43(60)53-46(39)62/h4-5,22-26,30-31,39,45,61H,2-3,6-21,27-29H2,1H3,(H,53,60,62)/t39?,45-/m0/s1. The maximum atomic E-state index is 16.3. The first-order chi connectivity index (χ1) is 31.4. The number of rotatable bonds is 10. The molecule has 10 rings (SSSR count). The molecule has 1 spiro atoms. The summed E-state index contributed by atoms with van der Waals surface area (Å²) in [6.45, 7) is 9.93. The number of fused-ring (bicyclic) bond motifs is 1. The fraction of sp³-hybridized carbons (Fsp3) is 0.551. The van der Waals surface area contributed by atoms with Gasteiger partial charge < -0.3 is 34.3 Å². The largest absolute Gasteiger partial charge is 0.503 e. The number of nitrogens with zero attached hydrogens (tertiary/aromatic N) is 6. The highest BCUT2D eigenvalue weighted by molar-refractivity contribution is 6.08. The molecular weight excluding hydrogens is 840 g/mol. The molecule has 4 amide bonds. The quantitative estimate of drug-likeness (QED) is 0.186. The highest BCUT2D eigenvalue weighted by Crippen LogP contribution is 2.63. The Kier molecular flexibility index (Phi) is 11.7. The van der Waals surface area contributed by atoms with Gasteiger partial charge in [-0.3, -0.25) is 29.4 Å². The second-order valence-electron chi connectivity index (χ2n) is 19.4. The molecule has 0 radical (unpaired) electrons. The van der Waals surface area contributed by atoms with E-state index in [1.54, 1.807) is 11.0 Å². The van der Waals surface area contributed by atoms with Crippen LogP contribution in [0.3, 0.4) is 0 Å². The molecule has 6 heterocycles. The van der Waals surface area contributed by atoms with Gasteiger partial charge in [0.1, 0.15) is 23.4 Å². The number of ether oxygens (including phenoxy) is 1. The van der Waals surface area contributed by atoms with Gasteiger partial charge in [0.05, 0.1) is 29.9 Å². The Morgan fingerprint density at radius 1 is 0.754 bits per heavy atom. The van der Waals surface area contributed by atoms with Crippen LogP contribution in [-0.4, -0.2) is 122 Å². The van der Waals surface area contributed by atoms with E-state index < -0.39 is 46.6 Å². The number of imide groups is 1. The van der Waals surface area contributed by atoms with Crippen molar-refractivity contribution >= 4 is 40.7 Å². The molecule has 3 aromatic carbocycles. The van der Waals surface area contributed by atoms with Gasteiger partial charge in [-0.25, -0.2) is 13.2 Å². The highest BCUT2D eigenvalue weighted by atomic mass is 19.1. The van der Waals surface area contributed by atoms with Crippen LogP contribution in [-0.2, 0) is 20.9 Å². The summed E-state index contributed by atoms with van der Waals surface area (Å²) in [5.41, 5.74) is 2.42. The Morgan fingerprint density at radius 2 is 1.40 bits per heavy atom. The summed E-state index contributed by atoms with van der Waals surface area (Å²) >= 11 is 0. The number of nitrogens with one attached hydrogen (secondary N) is 1. The normalized spacial score (nSPS) is 24.6. The van der Waals surface area contributed by atoms with E-state index >= 15 is 4.39 Å². The molecule has 65 heavy (non-hydrogen) atoms. The van der Waals surface area contributed by atoms with Crippen molar-refractivity contribution in [3.05, 3.63) is 76.6 Å². The molecule has 5 saturated heterocycles. The van der Waals surface area contributed by atoms with Crippen molar-refractivity contribution in [1.82, 2.24) is 20.0 Å². The first-order valence-electron chi connectivity index (χ1n) is 23.5. The summed E-state index contributed by atoms with van der Waals surface area (Å²) < 4.78 is 51.0. The minimum atomic E-state index is -1.17. The summed E-state index contributed by atoms with van der Waals surface area (Å²) in [6.07, 6.45) is 7.38. The highest BCUT2D eigenvalue weighted by Gasteiger charge is 2.63. The van der Waals surface area contributed by atoms with Gasteiger partial charge in [-0.05, 0) is 86.6 Å². The molecule has 7 aliphatic rings. The third-order valence-electron chi connectivity index (χ3n) is 15.7. The summed E-state index contributed by atoms with van der Waals surface area (Å²) in [5, 5.41) is 13.0. The number of phenolic OH excluding ortho intramolecular Hbond substituents is 1. The van der Waals surface area contributed by atoms with Crippen LogP contribution in [0.2, 0.25) is 0 Å². The lowest BCUT2D eigenvalue weighted by Gasteiger charge is -2.55. The number of amides is 4. The molecule has 3 aromatic rings. The van der Waals surface area contributed by atoms with E-state index in [0.717, 1.165) is 108 Å². The van der Waals surface area contributed by atoms with E-state index in [1.165, 1.54) is 18.1 Å². The number of carbonyl (C=O) groups is 4. The average molecular weight is 898 g/mol. The zero-order chi connectivity index (χ0) is 45.1. The Hall–Kier alpha value is -5.35. The number of halogens is 3. The predicted octanol–water partition coefficient (Wildman–Crippen LogP) is 5.98. The SMILES string of the molecule is COc1cc(N2CCC(CN3CCN(CC4CCN(c5ccc6c(c5)CN(C5CCC(=O)NC5=O)C6=O)CC4)CC3)CC2)c(F)cc1[C@@H]1N(c2cc(F)cc(F)c2O)C(=O)C12CCCC2. The third kappa shape index (κ3) is 7.97. The van der Waals surface area contributed by atoms with Gasteiger partial charge in [-0.1, -0.05) is 12.8 Å². The minimum Gasteiger partial charge on any atom is -0.503 e. The number of β-lactam (4-membered cyclic amide) rings is 1. The fourth-order valence-corrected chi connectivity index (χ4v) is 12.1. The number of hydrogen-bond donors (Lipinski definition) is 2. The number of aromatic hydroxyl groups is 1. The number of piperazine rings is 1. The molecular formula is C49H58F3N7O6. The van der Waals surface area contributed by atoms with Crippen LogP contribution in [0.4, 0.5) is 30.2 Å². The first kappa shape index (κ1) is 43.5.